The summed E-state index contributed by atoms with van der Waals surface area (Å²) in [5.41, 5.74) is 11.0. The molecule has 0 radical (unpaired) electrons. The van der Waals surface area contributed by atoms with E-state index in [0.717, 1.165) is 46.7 Å². The number of anilines is 1. The van der Waals surface area contributed by atoms with E-state index in [1.807, 2.05) is 77.8 Å². The molecule has 30 heavy (non-hydrogen) atoms. The van der Waals surface area contributed by atoms with Crippen LogP contribution in [0.3, 0.4) is 0 Å². The summed E-state index contributed by atoms with van der Waals surface area (Å²) in [6.45, 7) is 5.80. The number of benzene rings is 3. The maximum Gasteiger partial charge on any atom is 0.0875 e. The lowest BCUT2D eigenvalue weighted by atomic mass is 10.1. The van der Waals surface area contributed by atoms with Gasteiger partial charge in [0.1, 0.15) is 0 Å². The Balaban J connectivity index is 1.63. The molecule has 0 aliphatic rings. The molecular formula is C26H24N4. The Morgan fingerprint density at radius 3 is 1.40 bits per heavy atom. The fraction of sp³-hybridized carbons (Fsp3) is 0.154. The lowest BCUT2D eigenvalue weighted by Gasteiger charge is -2.10. The second-order valence-corrected chi connectivity index (χ2v) is 6.57. The van der Waals surface area contributed by atoms with Crippen molar-refractivity contribution < 1.29 is 0 Å². The summed E-state index contributed by atoms with van der Waals surface area (Å²) in [6.07, 6.45) is 0. The van der Waals surface area contributed by atoms with Crippen molar-refractivity contribution in [1.82, 2.24) is 5.01 Å². The number of nitrogens with two attached hydrogens (primary N) is 1. The van der Waals surface area contributed by atoms with Gasteiger partial charge in [0.25, 0.3) is 0 Å². The van der Waals surface area contributed by atoms with Gasteiger partial charge in [0.05, 0.1) is 5.69 Å². The smallest absolute Gasteiger partial charge is 0.0875 e. The summed E-state index contributed by atoms with van der Waals surface area (Å²) in [7, 11) is 0. The Morgan fingerprint density at radius 2 is 1.00 bits per heavy atom. The molecule has 3 aromatic carbocycles. The van der Waals surface area contributed by atoms with Crippen LogP contribution in [0.2, 0.25) is 0 Å². The number of rotatable bonds is 4. The molecule has 4 heteroatoms. The van der Waals surface area contributed by atoms with Gasteiger partial charge in [0.15, 0.2) is 0 Å². The predicted octanol–water partition coefficient (Wildman–Crippen LogP) is 5.41. The molecule has 4 nitrogen and oxygen atoms in total. The van der Waals surface area contributed by atoms with E-state index in [1.54, 1.807) is 0 Å². The average molecular weight is 393 g/mol. The topological polar surface area (TPSA) is 54.0 Å². The summed E-state index contributed by atoms with van der Waals surface area (Å²) in [4.78, 5) is 0. The molecule has 0 aliphatic carbocycles. The first-order valence-electron chi connectivity index (χ1n) is 9.92. The highest BCUT2D eigenvalue weighted by atomic mass is 15.5. The largest absolute Gasteiger partial charge is 0.399 e. The Bertz CT molecular complexity index is 1100. The fourth-order valence-electron chi connectivity index (χ4n) is 2.57. The minimum Gasteiger partial charge on any atom is -0.399 e. The number of hydrogen-bond acceptors (Lipinski definition) is 3. The van der Waals surface area contributed by atoms with Crippen LogP contribution in [0, 0.1) is 23.7 Å². The van der Waals surface area contributed by atoms with E-state index in [9.17, 15) is 0 Å². The van der Waals surface area contributed by atoms with Crippen molar-refractivity contribution in [2.24, 2.45) is 10.3 Å². The molecule has 0 saturated heterocycles. The Kier molecular flexibility index (Phi) is 7.25. The van der Waals surface area contributed by atoms with Crippen LogP contribution in [0.1, 0.15) is 36.1 Å². The first kappa shape index (κ1) is 20.7. The first-order chi connectivity index (χ1) is 14.7. The summed E-state index contributed by atoms with van der Waals surface area (Å²) in [5.74, 6) is 12.6. The van der Waals surface area contributed by atoms with Crippen LogP contribution in [0.5, 0.6) is 0 Å². The number of hydrogen-bond donors (Lipinski definition) is 1. The minimum atomic E-state index is 0.738. The van der Waals surface area contributed by atoms with E-state index in [2.05, 4.69) is 47.9 Å². The van der Waals surface area contributed by atoms with E-state index < -0.39 is 0 Å². The van der Waals surface area contributed by atoms with Gasteiger partial charge in [-0.2, -0.15) is 0 Å². The van der Waals surface area contributed by atoms with Crippen LogP contribution in [0.15, 0.2) is 83.1 Å². The third-order valence-corrected chi connectivity index (χ3v) is 4.38. The van der Waals surface area contributed by atoms with Gasteiger partial charge in [-0.05, 0) is 86.6 Å². The van der Waals surface area contributed by atoms with Crippen molar-refractivity contribution in [3.63, 3.8) is 0 Å². The minimum absolute atomic E-state index is 0.738. The van der Waals surface area contributed by atoms with Gasteiger partial charge in [-0.25, -0.2) is 0 Å². The lowest BCUT2D eigenvalue weighted by Crippen LogP contribution is -2.14. The van der Waals surface area contributed by atoms with Crippen molar-refractivity contribution in [1.29, 1.82) is 0 Å². The van der Waals surface area contributed by atoms with E-state index in [-0.39, 0.29) is 0 Å². The van der Waals surface area contributed by atoms with Crippen molar-refractivity contribution >= 4 is 11.4 Å². The van der Waals surface area contributed by atoms with E-state index in [1.165, 1.54) is 0 Å². The van der Waals surface area contributed by atoms with E-state index in [0.29, 0.717) is 0 Å². The first-order valence-corrected chi connectivity index (χ1v) is 9.92. The standard InChI is InChI=1S/C26H24N4/c1-3-30(4-2)29-28-26-19-15-24(16-20-26)12-10-22-7-5-21(6-8-22)9-11-23-13-17-25(27)18-14-23/h5-8,13-20H,3-4,27H2,1-2H3. The zero-order valence-corrected chi connectivity index (χ0v) is 17.3. The van der Waals surface area contributed by atoms with Crippen LogP contribution in [0.25, 0.3) is 0 Å². The van der Waals surface area contributed by atoms with E-state index >= 15 is 0 Å². The molecule has 0 amide bonds. The van der Waals surface area contributed by atoms with Crippen LogP contribution in [0.4, 0.5) is 11.4 Å². The molecule has 3 aromatic rings. The highest BCUT2D eigenvalue weighted by Gasteiger charge is 1.95. The second-order valence-electron chi connectivity index (χ2n) is 6.57. The molecule has 0 heterocycles. The molecule has 0 aliphatic heterocycles. The molecule has 0 unspecified atom stereocenters. The highest BCUT2D eigenvalue weighted by Crippen LogP contribution is 2.14. The molecule has 0 bridgehead atoms. The van der Waals surface area contributed by atoms with Crippen molar-refractivity contribution in [3.8, 4) is 23.7 Å². The van der Waals surface area contributed by atoms with Gasteiger partial charge in [0, 0.05) is 41.0 Å². The zero-order chi connectivity index (χ0) is 21.2. The predicted molar refractivity (Wildman–Crippen MR) is 123 cm³/mol. The normalized spacial score (nSPS) is 10.1. The van der Waals surface area contributed by atoms with Gasteiger partial charge >= 0.3 is 0 Å². The quantitative estimate of drug-likeness (QED) is 0.279. The maximum absolute atomic E-state index is 5.69. The van der Waals surface area contributed by atoms with Gasteiger partial charge in [-0.3, -0.25) is 5.01 Å². The summed E-state index contributed by atoms with van der Waals surface area (Å²) >= 11 is 0. The molecule has 0 saturated carbocycles. The van der Waals surface area contributed by atoms with Gasteiger partial charge in [-0.15, -0.1) is 5.11 Å². The molecule has 0 fully saturated rings. The van der Waals surface area contributed by atoms with Crippen LogP contribution in [-0.2, 0) is 0 Å². The fourth-order valence-corrected chi connectivity index (χ4v) is 2.57. The van der Waals surface area contributed by atoms with E-state index in [4.69, 9.17) is 5.73 Å². The SMILES string of the molecule is CCN(CC)N=Nc1ccc(C#Cc2ccc(C#Cc3ccc(N)cc3)cc2)cc1. The van der Waals surface area contributed by atoms with Crippen LogP contribution in [-0.4, -0.2) is 18.1 Å². The molecule has 2 N–H and O–H groups in total. The molecular weight excluding hydrogens is 368 g/mol. The second kappa shape index (κ2) is 10.5. The van der Waals surface area contributed by atoms with Crippen LogP contribution < -0.4 is 5.73 Å². The zero-order valence-electron chi connectivity index (χ0n) is 17.3. The number of nitrogens with zero attached hydrogens (tertiary/aromatic N) is 3. The summed E-state index contributed by atoms with van der Waals surface area (Å²) < 4.78 is 0. The summed E-state index contributed by atoms with van der Waals surface area (Å²) in [5, 5.41) is 10.4. The Morgan fingerprint density at radius 1 is 0.633 bits per heavy atom. The molecule has 0 spiro atoms. The Labute approximate surface area is 178 Å². The van der Waals surface area contributed by atoms with Gasteiger partial charge in [0.2, 0.25) is 0 Å². The number of nitrogen functional groups attached to an aromatic ring is 1. The van der Waals surface area contributed by atoms with Gasteiger partial charge in [-0.1, -0.05) is 28.9 Å². The monoisotopic (exact) mass is 392 g/mol. The van der Waals surface area contributed by atoms with Gasteiger partial charge < -0.3 is 5.73 Å². The lowest BCUT2D eigenvalue weighted by molar-refractivity contribution is 0.301. The van der Waals surface area contributed by atoms with Crippen molar-refractivity contribution in [2.45, 2.75) is 13.8 Å². The highest BCUT2D eigenvalue weighted by molar-refractivity contribution is 5.50. The molecule has 0 atom stereocenters. The molecule has 0 aromatic heterocycles. The summed E-state index contributed by atoms with van der Waals surface area (Å²) in [6, 6.07) is 23.2. The molecule has 3 rings (SSSR count). The van der Waals surface area contributed by atoms with Crippen molar-refractivity contribution in [2.75, 3.05) is 18.8 Å². The third-order valence-electron chi connectivity index (χ3n) is 4.38. The Hall–Kier alpha value is -4.02. The van der Waals surface area contributed by atoms with Crippen LogP contribution >= 0.6 is 0 Å². The maximum atomic E-state index is 5.69. The third kappa shape index (κ3) is 6.26. The van der Waals surface area contributed by atoms with Crippen molar-refractivity contribution in [3.05, 3.63) is 95.1 Å². The molecule has 148 valence electrons. The average Bonchev–Trinajstić information content (AvgIpc) is 2.79.